The number of carbonyl (C=O) groups is 1. The van der Waals surface area contributed by atoms with Crippen LogP contribution >= 0.6 is 11.3 Å². The molecule has 9 nitrogen and oxygen atoms in total. The van der Waals surface area contributed by atoms with Gasteiger partial charge in [0.05, 0.1) is 23.8 Å². The Kier molecular flexibility index (Phi) is 7.32. The number of hydrogen-bond acceptors (Lipinski definition) is 7. The Balaban J connectivity index is 1.55. The Morgan fingerprint density at radius 3 is 2.47 bits per heavy atom. The Bertz CT molecular complexity index is 1610. The zero-order chi connectivity index (χ0) is 26.5. The molecule has 0 saturated heterocycles. The van der Waals surface area contributed by atoms with Crippen LogP contribution in [0.15, 0.2) is 83.0 Å². The van der Waals surface area contributed by atoms with Gasteiger partial charge in [-0.05, 0) is 43.5 Å². The molecular weight excluding hydrogens is 502 g/mol. The molecule has 0 saturated carbocycles. The van der Waals surface area contributed by atoms with Crippen molar-refractivity contribution < 1.29 is 14.3 Å². The van der Waals surface area contributed by atoms with Gasteiger partial charge in [0, 0.05) is 23.3 Å². The van der Waals surface area contributed by atoms with Gasteiger partial charge in [-0.25, -0.2) is 4.98 Å². The molecule has 0 radical (unpaired) electrons. The normalized spacial score (nSPS) is 10.8. The second-order valence-electron chi connectivity index (χ2n) is 8.11. The highest BCUT2D eigenvalue weighted by atomic mass is 32.1. The smallest absolute Gasteiger partial charge is 0.256 e. The molecule has 1 amide bonds. The summed E-state index contributed by atoms with van der Waals surface area (Å²) in [6, 6.07) is 21.4. The molecule has 3 aromatic heterocycles. The molecule has 2 aromatic carbocycles. The standard InChI is InChI=1S/C28H25N5O4S/c1-3-36-22-13-12-19(15-23(22)37-4-2)27(35)30-25-16-21(24-11-8-14-38-24)32-33(25)28-29-20(17-26(34)31-28)18-9-6-5-7-10-18/h5-17H,3-4H2,1-2H3,(H,30,35)(H,29,31,34). The minimum Gasteiger partial charge on any atom is -0.490 e. The number of rotatable bonds is 9. The zero-order valence-electron chi connectivity index (χ0n) is 20.8. The van der Waals surface area contributed by atoms with Crippen LogP contribution in [0.1, 0.15) is 24.2 Å². The van der Waals surface area contributed by atoms with Crippen LogP contribution in [0.5, 0.6) is 11.5 Å². The van der Waals surface area contributed by atoms with E-state index in [2.05, 4.69) is 20.4 Å². The highest BCUT2D eigenvalue weighted by molar-refractivity contribution is 7.13. The lowest BCUT2D eigenvalue weighted by Crippen LogP contribution is -2.19. The lowest BCUT2D eigenvalue weighted by atomic mass is 10.1. The van der Waals surface area contributed by atoms with Gasteiger partial charge < -0.3 is 14.8 Å². The Morgan fingerprint density at radius 1 is 0.947 bits per heavy atom. The van der Waals surface area contributed by atoms with Gasteiger partial charge in [-0.2, -0.15) is 9.78 Å². The van der Waals surface area contributed by atoms with Crippen LogP contribution in [0.3, 0.4) is 0 Å². The van der Waals surface area contributed by atoms with Crippen molar-refractivity contribution in [1.82, 2.24) is 19.7 Å². The fourth-order valence-electron chi connectivity index (χ4n) is 3.86. The fourth-order valence-corrected chi connectivity index (χ4v) is 4.54. The molecule has 10 heteroatoms. The number of nitrogens with zero attached hydrogens (tertiary/aromatic N) is 3. The van der Waals surface area contributed by atoms with Crippen molar-refractivity contribution in [3.8, 4) is 39.3 Å². The van der Waals surface area contributed by atoms with Crippen molar-refractivity contribution in [1.29, 1.82) is 0 Å². The highest BCUT2D eigenvalue weighted by Crippen LogP contribution is 2.30. The summed E-state index contributed by atoms with van der Waals surface area (Å²) < 4.78 is 12.7. The lowest BCUT2D eigenvalue weighted by Gasteiger charge is -2.13. The van der Waals surface area contributed by atoms with E-state index in [9.17, 15) is 9.59 Å². The number of aromatic nitrogens is 4. The van der Waals surface area contributed by atoms with Gasteiger partial charge >= 0.3 is 0 Å². The topological polar surface area (TPSA) is 111 Å². The minimum atomic E-state index is -0.380. The van der Waals surface area contributed by atoms with Crippen LogP contribution in [-0.4, -0.2) is 38.9 Å². The molecule has 0 unspecified atom stereocenters. The van der Waals surface area contributed by atoms with Crippen LogP contribution in [0.25, 0.3) is 27.8 Å². The molecule has 0 atom stereocenters. The maximum absolute atomic E-state index is 13.3. The summed E-state index contributed by atoms with van der Waals surface area (Å²) >= 11 is 1.51. The Labute approximate surface area is 222 Å². The molecular formula is C28H25N5O4S. The number of aromatic amines is 1. The monoisotopic (exact) mass is 527 g/mol. The van der Waals surface area contributed by atoms with Crippen LogP contribution in [-0.2, 0) is 0 Å². The summed E-state index contributed by atoms with van der Waals surface area (Å²) in [5.41, 5.74) is 1.94. The van der Waals surface area contributed by atoms with E-state index in [1.165, 1.54) is 22.1 Å². The summed E-state index contributed by atoms with van der Waals surface area (Å²) in [5, 5.41) is 9.52. The predicted octanol–water partition coefficient (Wildman–Crippen LogP) is 5.40. The molecule has 0 aliphatic heterocycles. The number of anilines is 1. The summed E-state index contributed by atoms with van der Waals surface area (Å²) in [6.07, 6.45) is 0. The maximum Gasteiger partial charge on any atom is 0.256 e. The lowest BCUT2D eigenvalue weighted by molar-refractivity contribution is 0.102. The van der Waals surface area contributed by atoms with Crippen LogP contribution in [0.4, 0.5) is 5.82 Å². The minimum absolute atomic E-state index is 0.177. The third kappa shape index (κ3) is 5.35. The van der Waals surface area contributed by atoms with Gasteiger partial charge in [0.1, 0.15) is 11.5 Å². The molecule has 5 aromatic rings. The van der Waals surface area contributed by atoms with E-state index in [4.69, 9.17) is 9.47 Å². The van der Waals surface area contributed by atoms with Crippen molar-refractivity contribution in [2.24, 2.45) is 0 Å². The second-order valence-corrected chi connectivity index (χ2v) is 9.05. The summed E-state index contributed by atoms with van der Waals surface area (Å²) in [4.78, 5) is 34.2. The van der Waals surface area contributed by atoms with E-state index >= 15 is 0 Å². The van der Waals surface area contributed by atoms with Gasteiger partial charge in [-0.3, -0.25) is 14.6 Å². The number of carbonyl (C=O) groups excluding carboxylic acids is 1. The summed E-state index contributed by atoms with van der Waals surface area (Å²) in [6.45, 7) is 4.65. The van der Waals surface area contributed by atoms with Crippen molar-refractivity contribution in [2.45, 2.75) is 13.8 Å². The first-order valence-corrected chi connectivity index (χ1v) is 13.0. The van der Waals surface area contributed by atoms with Gasteiger partial charge in [-0.1, -0.05) is 36.4 Å². The second kappa shape index (κ2) is 11.1. The molecule has 5 rings (SSSR count). The van der Waals surface area contributed by atoms with Crippen LogP contribution in [0.2, 0.25) is 0 Å². The quantitative estimate of drug-likeness (QED) is 0.266. The van der Waals surface area contributed by atoms with Crippen molar-refractivity contribution in [2.75, 3.05) is 18.5 Å². The molecule has 0 aliphatic carbocycles. The molecule has 0 fully saturated rings. The molecule has 3 heterocycles. The first-order chi connectivity index (χ1) is 18.6. The molecule has 0 bridgehead atoms. The van der Waals surface area contributed by atoms with E-state index in [1.807, 2.05) is 61.7 Å². The van der Waals surface area contributed by atoms with E-state index in [0.29, 0.717) is 47.5 Å². The third-order valence-electron chi connectivity index (χ3n) is 5.53. The fraction of sp³-hybridized carbons (Fsp3) is 0.143. The molecule has 0 aliphatic rings. The van der Waals surface area contributed by atoms with Crippen molar-refractivity contribution >= 4 is 23.1 Å². The number of H-pyrrole nitrogens is 1. The predicted molar refractivity (Wildman–Crippen MR) is 147 cm³/mol. The van der Waals surface area contributed by atoms with Gasteiger partial charge in [0.15, 0.2) is 11.5 Å². The summed E-state index contributed by atoms with van der Waals surface area (Å²) in [7, 11) is 0. The highest BCUT2D eigenvalue weighted by Gasteiger charge is 2.19. The van der Waals surface area contributed by atoms with E-state index in [-0.39, 0.29) is 17.4 Å². The first-order valence-electron chi connectivity index (χ1n) is 12.1. The third-order valence-corrected chi connectivity index (χ3v) is 6.42. The SMILES string of the molecule is CCOc1ccc(C(=O)Nc2cc(-c3cccs3)nn2-c2nc(-c3ccccc3)cc(=O)[nH]2)cc1OCC. The number of ether oxygens (including phenoxy) is 2. The van der Waals surface area contributed by atoms with Gasteiger partial charge in [0.25, 0.3) is 11.5 Å². The number of benzene rings is 2. The molecule has 2 N–H and O–H groups in total. The van der Waals surface area contributed by atoms with Crippen LogP contribution < -0.4 is 20.3 Å². The van der Waals surface area contributed by atoms with Crippen molar-refractivity contribution in [3.63, 3.8) is 0 Å². The number of nitrogens with one attached hydrogen (secondary N) is 2. The zero-order valence-corrected chi connectivity index (χ0v) is 21.6. The van der Waals surface area contributed by atoms with E-state index in [0.717, 1.165) is 10.4 Å². The Hall–Kier alpha value is -4.70. The molecule has 0 spiro atoms. The average molecular weight is 528 g/mol. The summed E-state index contributed by atoms with van der Waals surface area (Å²) in [5.74, 6) is 1.19. The first kappa shape index (κ1) is 25.0. The van der Waals surface area contributed by atoms with Crippen LogP contribution in [0, 0.1) is 0 Å². The number of hydrogen-bond donors (Lipinski definition) is 2. The average Bonchev–Trinajstić information content (AvgIpc) is 3.61. The largest absolute Gasteiger partial charge is 0.490 e. The number of amides is 1. The number of thiophene rings is 1. The molecule has 38 heavy (non-hydrogen) atoms. The maximum atomic E-state index is 13.3. The van der Waals surface area contributed by atoms with Gasteiger partial charge in [-0.15, -0.1) is 11.3 Å². The van der Waals surface area contributed by atoms with E-state index in [1.54, 1.807) is 24.3 Å². The molecule has 192 valence electrons. The van der Waals surface area contributed by atoms with E-state index < -0.39 is 0 Å². The van der Waals surface area contributed by atoms with Gasteiger partial charge in [0.2, 0.25) is 5.95 Å². The Morgan fingerprint density at radius 2 is 1.74 bits per heavy atom. The van der Waals surface area contributed by atoms with Crippen molar-refractivity contribution in [3.05, 3.63) is 94.1 Å².